The Morgan fingerprint density at radius 3 is 1.89 bits per heavy atom. The third-order valence-electron chi connectivity index (χ3n) is 4.20. The minimum Gasteiger partial charge on any atom is -0.490 e. The Morgan fingerprint density at radius 2 is 1.30 bits per heavy atom. The van der Waals surface area contributed by atoms with Crippen LogP contribution in [0.5, 0.6) is 11.5 Å². The molecule has 0 fully saturated rings. The van der Waals surface area contributed by atoms with Crippen LogP contribution in [-0.4, -0.2) is 19.1 Å². The molecule has 138 valence electrons. The summed E-state index contributed by atoms with van der Waals surface area (Å²) in [6.45, 7) is 4.86. The maximum atomic E-state index is 12.5. The van der Waals surface area contributed by atoms with Gasteiger partial charge in [0.25, 0.3) is 5.91 Å². The Bertz CT molecular complexity index is 869. The number of hydrogen-bond acceptors (Lipinski definition) is 3. The molecule has 0 aromatic heterocycles. The van der Waals surface area contributed by atoms with E-state index in [9.17, 15) is 4.79 Å². The van der Waals surface area contributed by atoms with Gasteiger partial charge in [-0.3, -0.25) is 4.79 Å². The first kappa shape index (κ1) is 18.5. The van der Waals surface area contributed by atoms with Crippen LogP contribution in [0.25, 0.3) is 0 Å². The van der Waals surface area contributed by atoms with Crippen molar-refractivity contribution in [1.82, 2.24) is 0 Å². The summed E-state index contributed by atoms with van der Waals surface area (Å²) in [6, 6.07) is 22.7. The highest BCUT2D eigenvalue weighted by atomic mass is 16.5. The average Bonchev–Trinajstić information content (AvgIpc) is 2.69. The molecule has 0 saturated carbocycles. The highest BCUT2D eigenvalue weighted by Gasteiger charge is 2.09. The highest BCUT2D eigenvalue weighted by molar-refractivity contribution is 6.05. The average molecular weight is 361 g/mol. The van der Waals surface area contributed by atoms with E-state index in [4.69, 9.17) is 9.47 Å². The smallest absolute Gasteiger partial charge is 0.255 e. The molecular weight excluding hydrogens is 338 g/mol. The number of anilines is 1. The molecule has 0 radical (unpaired) electrons. The summed E-state index contributed by atoms with van der Waals surface area (Å²) in [7, 11) is 0. The van der Waals surface area contributed by atoms with Crippen molar-refractivity contribution in [2.24, 2.45) is 0 Å². The lowest BCUT2D eigenvalue weighted by Gasteiger charge is -2.12. The maximum absolute atomic E-state index is 12.5. The monoisotopic (exact) mass is 361 g/mol. The topological polar surface area (TPSA) is 47.6 Å². The van der Waals surface area contributed by atoms with Crippen LogP contribution in [0, 0.1) is 13.8 Å². The molecule has 0 spiro atoms. The molecule has 0 saturated heterocycles. The minimum absolute atomic E-state index is 0.133. The minimum atomic E-state index is -0.133. The van der Waals surface area contributed by atoms with Gasteiger partial charge in [0.15, 0.2) is 0 Å². The Balaban J connectivity index is 1.51. The van der Waals surface area contributed by atoms with Crippen molar-refractivity contribution in [1.29, 1.82) is 0 Å². The zero-order valence-electron chi connectivity index (χ0n) is 15.6. The largest absolute Gasteiger partial charge is 0.490 e. The summed E-state index contributed by atoms with van der Waals surface area (Å²) < 4.78 is 11.3. The summed E-state index contributed by atoms with van der Waals surface area (Å²) >= 11 is 0. The van der Waals surface area contributed by atoms with Crippen molar-refractivity contribution in [3.63, 3.8) is 0 Å². The Labute approximate surface area is 159 Å². The molecule has 3 aromatic carbocycles. The van der Waals surface area contributed by atoms with E-state index in [0.717, 1.165) is 22.6 Å². The molecule has 0 atom stereocenters. The second-order valence-corrected chi connectivity index (χ2v) is 6.26. The first-order valence-corrected chi connectivity index (χ1v) is 8.92. The highest BCUT2D eigenvalue weighted by Crippen LogP contribution is 2.21. The van der Waals surface area contributed by atoms with Gasteiger partial charge >= 0.3 is 0 Å². The molecule has 0 unspecified atom stereocenters. The van der Waals surface area contributed by atoms with E-state index in [2.05, 4.69) is 5.32 Å². The third kappa shape index (κ3) is 5.11. The molecular formula is C23H23NO3. The van der Waals surface area contributed by atoms with Crippen LogP contribution in [0.2, 0.25) is 0 Å². The van der Waals surface area contributed by atoms with Crippen LogP contribution in [0.1, 0.15) is 21.5 Å². The lowest BCUT2D eigenvalue weighted by molar-refractivity contribution is 0.102. The van der Waals surface area contributed by atoms with Crippen molar-refractivity contribution >= 4 is 11.6 Å². The van der Waals surface area contributed by atoms with Gasteiger partial charge in [-0.2, -0.15) is 0 Å². The lowest BCUT2D eigenvalue weighted by Crippen LogP contribution is -2.14. The number of para-hydroxylation sites is 2. The molecule has 0 heterocycles. The van der Waals surface area contributed by atoms with Crippen LogP contribution in [0.4, 0.5) is 5.69 Å². The molecule has 0 aliphatic rings. The van der Waals surface area contributed by atoms with E-state index < -0.39 is 0 Å². The van der Waals surface area contributed by atoms with Gasteiger partial charge in [0, 0.05) is 11.3 Å². The van der Waals surface area contributed by atoms with E-state index in [1.54, 1.807) is 24.3 Å². The molecule has 0 aliphatic heterocycles. The first-order chi connectivity index (χ1) is 13.1. The molecule has 4 nitrogen and oxygen atoms in total. The van der Waals surface area contributed by atoms with Crippen LogP contribution in [-0.2, 0) is 0 Å². The summed E-state index contributed by atoms with van der Waals surface area (Å²) in [6.07, 6.45) is 0. The Morgan fingerprint density at radius 1 is 0.741 bits per heavy atom. The van der Waals surface area contributed by atoms with Gasteiger partial charge in [0.1, 0.15) is 24.7 Å². The molecule has 4 heteroatoms. The summed E-state index contributed by atoms with van der Waals surface area (Å²) in [5, 5.41) is 2.98. The van der Waals surface area contributed by atoms with Crippen molar-refractivity contribution in [2.75, 3.05) is 18.5 Å². The van der Waals surface area contributed by atoms with E-state index in [1.165, 1.54) is 0 Å². The fourth-order valence-corrected chi connectivity index (χ4v) is 2.74. The van der Waals surface area contributed by atoms with Crippen LogP contribution < -0.4 is 14.8 Å². The van der Waals surface area contributed by atoms with E-state index in [-0.39, 0.29) is 5.91 Å². The zero-order valence-corrected chi connectivity index (χ0v) is 15.6. The van der Waals surface area contributed by atoms with E-state index in [1.807, 2.05) is 62.4 Å². The Kier molecular flexibility index (Phi) is 6.10. The van der Waals surface area contributed by atoms with E-state index in [0.29, 0.717) is 24.5 Å². The number of aryl methyl sites for hydroxylation is 2. The lowest BCUT2D eigenvalue weighted by atomic mass is 10.1. The fourth-order valence-electron chi connectivity index (χ4n) is 2.74. The van der Waals surface area contributed by atoms with Gasteiger partial charge in [-0.15, -0.1) is 0 Å². The van der Waals surface area contributed by atoms with Crippen molar-refractivity contribution < 1.29 is 14.3 Å². The standard InChI is InChI=1S/C23H23NO3/c1-17-7-6-8-18(2)22(17)24-23(25)19-11-13-21(14-12-19)27-16-15-26-20-9-4-3-5-10-20/h3-14H,15-16H2,1-2H3,(H,24,25). The van der Waals surface area contributed by atoms with Crippen molar-refractivity contribution in [2.45, 2.75) is 13.8 Å². The fraction of sp³-hybridized carbons (Fsp3) is 0.174. The summed E-state index contributed by atoms with van der Waals surface area (Å²) in [4.78, 5) is 12.5. The van der Waals surface area contributed by atoms with Crippen molar-refractivity contribution in [3.8, 4) is 11.5 Å². The second kappa shape index (κ2) is 8.90. The van der Waals surface area contributed by atoms with Gasteiger partial charge in [0.2, 0.25) is 0 Å². The zero-order chi connectivity index (χ0) is 19.1. The van der Waals surface area contributed by atoms with Gasteiger partial charge in [0.05, 0.1) is 0 Å². The molecule has 3 aromatic rings. The summed E-state index contributed by atoms with van der Waals surface area (Å²) in [5.74, 6) is 1.39. The molecule has 1 amide bonds. The quantitative estimate of drug-likeness (QED) is 0.602. The number of ether oxygens (including phenoxy) is 2. The van der Waals surface area contributed by atoms with Gasteiger partial charge < -0.3 is 14.8 Å². The van der Waals surface area contributed by atoms with Crippen LogP contribution in [0.15, 0.2) is 72.8 Å². The third-order valence-corrected chi connectivity index (χ3v) is 4.20. The summed E-state index contributed by atoms with van der Waals surface area (Å²) in [5.41, 5.74) is 3.54. The molecule has 1 N–H and O–H groups in total. The Hall–Kier alpha value is -3.27. The first-order valence-electron chi connectivity index (χ1n) is 8.92. The normalized spacial score (nSPS) is 10.3. The second-order valence-electron chi connectivity index (χ2n) is 6.26. The molecule has 3 rings (SSSR count). The maximum Gasteiger partial charge on any atom is 0.255 e. The van der Waals surface area contributed by atoms with Crippen LogP contribution >= 0.6 is 0 Å². The number of rotatable bonds is 7. The van der Waals surface area contributed by atoms with Gasteiger partial charge in [-0.05, 0) is 61.4 Å². The van der Waals surface area contributed by atoms with Crippen molar-refractivity contribution in [3.05, 3.63) is 89.5 Å². The molecule has 0 bridgehead atoms. The van der Waals surface area contributed by atoms with Crippen LogP contribution in [0.3, 0.4) is 0 Å². The number of carbonyl (C=O) groups is 1. The number of nitrogens with one attached hydrogen (secondary N) is 1. The predicted octanol–water partition coefficient (Wildman–Crippen LogP) is 5.01. The number of amides is 1. The van der Waals surface area contributed by atoms with Gasteiger partial charge in [-0.25, -0.2) is 0 Å². The van der Waals surface area contributed by atoms with Gasteiger partial charge in [-0.1, -0.05) is 36.4 Å². The number of benzene rings is 3. The molecule has 0 aliphatic carbocycles. The number of carbonyl (C=O) groups excluding carboxylic acids is 1. The number of hydrogen-bond donors (Lipinski definition) is 1. The molecule has 27 heavy (non-hydrogen) atoms. The predicted molar refractivity (Wildman–Crippen MR) is 108 cm³/mol. The SMILES string of the molecule is Cc1cccc(C)c1NC(=O)c1ccc(OCCOc2ccccc2)cc1. The van der Waals surface area contributed by atoms with E-state index >= 15 is 0 Å².